The Morgan fingerprint density at radius 2 is 1.88 bits per heavy atom. The van der Waals surface area contributed by atoms with Gasteiger partial charge < -0.3 is 5.32 Å². The van der Waals surface area contributed by atoms with Gasteiger partial charge in [0.05, 0.1) is 11.9 Å². The number of halogens is 2. The predicted octanol–water partition coefficient (Wildman–Crippen LogP) is 5.50. The van der Waals surface area contributed by atoms with Gasteiger partial charge in [0.25, 0.3) is 0 Å². The second kappa shape index (κ2) is 6.68. The summed E-state index contributed by atoms with van der Waals surface area (Å²) in [6, 6.07) is 13.6. The number of hydrogen-bond acceptors (Lipinski definition) is 3. The molecule has 0 saturated heterocycles. The quantitative estimate of drug-likeness (QED) is 0.413. The molecule has 1 aromatic carbocycles. The summed E-state index contributed by atoms with van der Waals surface area (Å²) in [5.74, 6) is 0.353. The van der Waals surface area contributed by atoms with E-state index in [-0.39, 0.29) is 0 Å². The monoisotopic (exact) mass is 458 g/mol. The van der Waals surface area contributed by atoms with Crippen molar-refractivity contribution >= 4 is 39.7 Å². The smallest absolute Gasteiger partial charge is 0.151 e. The van der Waals surface area contributed by atoms with Gasteiger partial charge in [-0.25, -0.2) is 9.37 Å². The number of para-hydroxylation sites is 1. The average molecular weight is 458 g/mol. The van der Waals surface area contributed by atoms with E-state index >= 15 is 0 Å². The molecule has 0 aliphatic heterocycles. The van der Waals surface area contributed by atoms with Crippen molar-refractivity contribution in [2.24, 2.45) is 0 Å². The molecular formula is C20H16FIN4. The third-order valence-electron chi connectivity index (χ3n) is 4.33. The highest BCUT2D eigenvalue weighted by Crippen LogP contribution is 2.35. The van der Waals surface area contributed by atoms with E-state index in [9.17, 15) is 4.39 Å². The van der Waals surface area contributed by atoms with Crippen LogP contribution >= 0.6 is 22.6 Å². The van der Waals surface area contributed by atoms with Crippen molar-refractivity contribution in [2.75, 3.05) is 5.32 Å². The summed E-state index contributed by atoms with van der Waals surface area (Å²) in [4.78, 5) is 8.54. The Morgan fingerprint density at radius 3 is 2.65 bits per heavy atom. The van der Waals surface area contributed by atoms with Gasteiger partial charge in [0.15, 0.2) is 5.82 Å². The number of fused-ring (bicyclic) bond motifs is 1. The molecule has 3 aromatic heterocycles. The van der Waals surface area contributed by atoms with Crippen molar-refractivity contribution in [3.63, 3.8) is 0 Å². The number of nitrogens with zero attached hydrogens (tertiary/aromatic N) is 3. The summed E-state index contributed by atoms with van der Waals surface area (Å²) >= 11 is 2.30. The number of aromatic nitrogens is 3. The van der Waals surface area contributed by atoms with Crippen molar-refractivity contribution in [2.45, 2.75) is 13.8 Å². The van der Waals surface area contributed by atoms with Crippen LogP contribution in [0.15, 0.2) is 54.9 Å². The third kappa shape index (κ3) is 2.84. The van der Waals surface area contributed by atoms with Gasteiger partial charge in [-0.15, -0.1) is 0 Å². The lowest BCUT2D eigenvalue weighted by Crippen LogP contribution is -2.02. The van der Waals surface area contributed by atoms with Gasteiger partial charge in [-0.05, 0) is 66.3 Å². The minimum atomic E-state index is -0.393. The molecule has 4 nitrogen and oxygen atoms in total. The third-order valence-corrected chi connectivity index (χ3v) is 5.23. The highest BCUT2D eigenvalue weighted by atomic mass is 127. The topological polar surface area (TPSA) is 42.2 Å². The van der Waals surface area contributed by atoms with Crippen LogP contribution in [0.3, 0.4) is 0 Å². The van der Waals surface area contributed by atoms with E-state index in [1.807, 2.05) is 54.6 Å². The first-order valence-electron chi connectivity index (χ1n) is 8.16. The Morgan fingerprint density at radius 1 is 1.08 bits per heavy atom. The lowest BCUT2D eigenvalue weighted by Gasteiger charge is -2.14. The summed E-state index contributed by atoms with van der Waals surface area (Å²) in [7, 11) is 0. The molecule has 0 atom stereocenters. The van der Waals surface area contributed by atoms with Gasteiger partial charge in [0, 0.05) is 21.0 Å². The number of rotatable bonds is 3. The Kier molecular flexibility index (Phi) is 4.36. The second-order valence-corrected chi connectivity index (χ2v) is 7.24. The first-order chi connectivity index (χ1) is 12.6. The maximum absolute atomic E-state index is 14.4. The van der Waals surface area contributed by atoms with E-state index < -0.39 is 5.82 Å². The maximum atomic E-state index is 14.4. The van der Waals surface area contributed by atoms with Gasteiger partial charge in [-0.1, -0.05) is 18.2 Å². The van der Waals surface area contributed by atoms with E-state index in [2.05, 4.69) is 32.9 Å². The fourth-order valence-electron chi connectivity index (χ4n) is 3.03. The Hall–Kier alpha value is -2.48. The van der Waals surface area contributed by atoms with E-state index in [0.717, 1.165) is 32.0 Å². The van der Waals surface area contributed by atoms with Crippen molar-refractivity contribution < 1.29 is 4.39 Å². The molecule has 0 fully saturated rings. The number of hydrogen-bond donors (Lipinski definition) is 1. The SMILES string of the molecule is Cc1cccc(I)c1Nc1c(-c2ccncc2F)nc2cccc(C)n12. The molecule has 4 rings (SSSR count). The standard InChI is InChI=1S/C20H16FIN4/c1-12-5-3-7-16(22)18(12)25-20-19(14-9-10-23-11-15(14)21)24-17-8-4-6-13(2)26(17)20/h3-11,25H,1-2H3. The fourth-order valence-corrected chi connectivity index (χ4v) is 3.80. The van der Waals surface area contributed by atoms with Crippen molar-refractivity contribution in [3.8, 4) is 11.3 Å². The zero-order valence-corrected chi connectivity index (χ0v) is 16.5. The average Bonchev–Trinajstić information content (AvgIpc) is 2.98. The van der Waals surface area contributed by atoms with Crippen LogP contribution < -0.4 is 5.32 Å². The van der Waals surface area contributed by atoms with Crippen LogP contribution in [0, 0.1) is 23.2 Å². The molecule has 0 aliphatic rings. The molecule has 0 aliphatic carbocycles. The zero-order valence-electron chi connectivity index (χ0n) is 14.3. The van der Waals surface area contributed by atoms with E-state index in [1.165, 1.54) is 6.20 Å². The van der Waals surface area contributed by atoms with Crippen molar-refractivity contribution in [1.29, 1.82) is 0 Å². The van der Waals surface area contributed by atoms with E-state index in [4.69, 9.17) is 4.98 Å². The van der Waals surface area contributed by atoms with Crippen LogP contribution in [0.2, 0.25) is 0 Å². The van der Waals surface area contributed by atoms with E-state index in [0.29, 0.717) is 11.3 Å². The number of pyridine rings is 2. The van der Waals surface area contributed by atoms with Gasteiger partial charge in [0.2, 0.25) is 0 Å². The Bertz CT molecular complexity index is 1100. The van der Waals surface area contributed by atoms with Crippen LogP contribution in [-0.4, -0.2) is 14.4 Å². The number of anilines is 2. The highest BCUT2D eigenvalue weighted by Gasteiger charge is 2.19. The molecule has 0 spiro atoms. The maximum Gasteiger partial charge on any atom is 0.151 e. The number of nitrogens with one attached hydrogen (secondary N) is 1. The molecular weight excluding hydrogens is 442 g/mol. The lowest BCUT2D eigenvalue weighted by molar-refractivity contribution is 0.624. The molecule has 3 heterocycles. The minimum Gasteiger partial charge on any atom is -0.338 e. The van der Waals surface area contributed by atoms with Crippen molar-refractivity contribution in [1.82, 2.24) is 14.4 Å². The van der Waals surface area contributed by atoms with Crippen LogP contribution in [-0.2, 0) is 0 Å². The summed E-state index contributed by atoms with van der Waals surface area (Å²) in [6.07, 6.45) is 2.80. The van der Waals surface area contributed by atoms with Gasteiger partial charge >= 0.3 is 0 Å². The van der Waals surface area contributed by atoms with E-state index in [1.54, 1.807) is 12.3 Å². The molecule has 130 valence electrons. The highest BCUT2D eigenvalue weighted by molar-refractivity contribution is 14.1. The van der Waals surface area contributed by atoms with Gasteiger partial charge in [0.1, 0.15) is 17.2 Å². The molecule has 0 radical (unpaired) electrons. The first kappa shape index (κ1) is 17.0. The van der Waals surface area contributed by atoms with Crippen LogP contribution in [0.25, 0.3) is 16.9 Å². The van der Waals surface area contributed by atoms with Gasteiger partial charge in [-0.3, -0.25) is 9.38 Å². The normalized spacial score (nSPS) is 11.1. The largest absolute Gasteiger partial charge is 0.338 e. The Balaban J connectivity index is 2.00. The van der Waals surface area contributed by atoms with Gasteiger partial charge in [-0.2, -0.15) is 0 Å². The van der Waals surface area contributed by atoms with Crippen LogP contribution in [0.4, 0.5) is 15.9 Å². The summed E-state index contributed by atoms with van der Waals surface area (Å²) in [5, 5.41) is 3.50. The molecule has 0 saturated carbocycles. The first-order valence-corrected chi connectivity index (χ1v) is 9.24. The number of imidazole rings is 1. The summed E-state index contributed by atoms with van der Waals surface area (Å²) in [5.41, 5.74) is 4.88. The number of benzene rings is 1. The fraction of sp³-hybridized carbons (Fsp3) is 0.100. The molecule has 26 heavy (non-hydrogen) atoms. The Labute approximate surface area is 164 Å². The summed E-state index contributed by atoms with van der Waals surface area (Å²) in [6.45, 7) is 4.06. The lowest BCUT2D eigenvalue weighted by atomic mass is 10.1. The zero-order chi connectivity index (χ0) is 18.3. The molecule has 0 amide bonds. The second-order valence-electron chi connectivity index (χ2n) is 6.08. The minimum absolute atomic E-state index is 0.393. The number of aryl methyl sites for hydroxylation is 2. The molecule has 0 unspecified atom stereocenters. The van der Waals surface area contributed by atoms with Crippen LogP contribution in [0.1, 0.15) is 11.3 Å². The molecule has 1 N–H and O–H groups in total. The predicted molar refractivity (Wildman–Crippen MR) is 110 cm³/mol. The molecule has 6 heteroatoms. The molecule has 4 aromatic rings. The summed E-state index contributed by atoms with van der Waals surface area (Å²) < 4.78 is 17.5. The van der Waals surface area contributed by atoms with Crippen LogP contribution in [0.5, 0.6) is 0 Å². The molecule has 0 bridgehead atoms. The van der Waals surface area contributed by atoms with Crippen molar-refractivity contribution in [3.05, 3.63) is 75.5 Å².